The molecule has 0 saturated carbocycles. The maximum atomic E-state index is 4.64. The van der Waals surface area contributed by atoms with Crippen molar-refractivity contribution in [3.63, 3.8) is 0 Å². The summed E-state index contributed by atoms with van der Waals surface area (Å²) in [5.74, 6) is 0.814. The predicted molar refractivity (Wildman–Crippen MR) is 142 cm³/mol. The van der Waals surface area contributed by atoms with Crippen LogP contribution in [0.15, 0.2) is 90.7 Å². The predicted octanol–water partition coefficient (Wildman–Crippen LogP) is 5.21. The van der Waals surface area contributed by atoms with E-state index in [1.807, 2.05) is 37.2 Å². The minimum absolute atomic E-state index is 0.814. The normalized spacial score (nSPS) is 15.9. The Morgan fingerprint density at radius 3 is 2.41 bits per heavy atom. The summed E-state index contributed by atoms with van der Waals surface area (Å²) in [6.07, 6.45) is 14.3. The topological polar surface area (TPSA) is 49.2 Å². The molecular formula is C28H34N6. The highest BCUT2D eigenvalue weighted by Gasteiger charge is 2.13. The van der Waals surface area contributed by atoms with Crippen LogP contribution in [0.25, 0.3) is 21.9 Å². The van der Waals surface area contributed by atoms with Crippen molar-refractivity contribution in [3.05, 3.63) is 90.7 Å². The molecule has 0 unspecified atom stereocenters. The van der Waals surface area contributed by atoms with Gasteiger partial charge in [-0.2, -0.15) is 5.10 Å². The zero-order valence-electron chi connectivity index (χ0n) is 20.6. The number of allylic oxidation sites excluding steroid dienone is 4. The number of aromatic nitrogens is 3. The zero-order chi connectivity index (χ0) is 24.1. The number of piperazine rings is 1. The van der Waals surface area contributed by atoms with Gasteiger partial charge in [0.25, 0.3) is 0 Å². The standard InChI is InChI=1S/C28H34N6/c1-6-22(9-8-21(3)34-14-12-32(4)13-15-34)27(7-2)31-28-17-25-16-23(10-11-24(25)18-29-28)26-19-30-33(5)20-26/h6-11,16-20H,3,12-15H2,1-2,4-5H3,(H,29,31)/b9-8-,22-6+,27-7+. The third-order valence-electron chi connectivity index (χ3n) is 6.30. The van der Waals surface area contributed by atoms with Gasteiger partial charge in [0.05, 0.1) is 6.20 Å². The molecule has 176 valence electrons. The molecule has 0 amide bonds. The van der Waals surface area contributed by atoms with Gasteiger partial charge in [0.15, 0.2) is 0 Å². The molecule has 4 rings (SSSR count). The molecule has 0 atom stereocenters. The number of likely N-dealkylation sites (N-methyl/N-ethyl adjacent to an activating group) is 1. The van der Waals surface area contributed by atoms with Gasteiger partial charge in [-0.15, -0.1) is 0 Å². The van der Waals surface area contributed by atoms with E-state index in [0.29, 0.717) is 0 Å². The van der Waals surface area contributed by atoms with Crippen LogP contribution in [0.5, 0.6) is 0 Å². The van der Waals surface area contributed by atoms with Crippen LogP contribution in [0, 0.1) is 0 Å². The van der Waals surface area contributed by atoms with Crippen LogP contribution in [-0.2, 0) is 7.05 Å². The first-order chi connectivity index (χ1) is 16.5. The lowest BCUT2D eigenvalue weighted by Crippen LogP contribution is -2.43. The summed E-state index contributed by atoms with van der Waals surface area (Å²) in [7, 11) is 4.10. The van der Waals surface area contributed by atoms with E-state index >= 15 is 0 Å². The SMILES string of the molecule is C=C(\C=C/C(=C\C)C(=C\C)/Nc1cc2cc(-c3cnn(C)c3)ccc2cn1)N1CCN(C)CC1. The first kappa shape index (κ1) is 23.5. The maximum Gasteiger partial charge on any atom is 0.130 e. The second-order valence-electron chi connectivity index (χ2n) is 8.72. The number of aryl methyl sites for hydroxylation is 1. The fraction of sp³-hybridized carbons (Fsp3) is 0.286. The Bertz CT molecular complexity index is 1250. The van der Waals surface area contributed by atoms with Gasteiger partial charge in [-0.05, 0) is 55.6 Å². The number of anilines is 1. The number of rotatable bonds is 7. The quantitative estimate of drug-likeness (QED) is 0.497. The molecule has 1 aliphatic rings. The second kappa shape index (κ2) is 10.5. The summed E-state index contributed by atoms with van der Waals surface area (Å²) in [6.45, 7) is 12.5. The van der Waals surface area contributed by atoms with Crippen molar-refractivity contribution >= 4 is 16.6 Å². The minimum Gasteiger partial charge on any atom is -0.369 e. The Kier molecular flexibility index (Phi) is 7.28. The van der Waals surface area contributed by atoms with E-state index < -0.39 is 0 Å². The molecule has 6 heteroatoms. The lowest BCUT2D eigenvalue weighted by molar-refractivity contribution is 0.190. The molecule has 2 aromatic heterocycles. The van der Waals surface area contributed by atoms with Gasteiger partial charge in [-0.3, -0.25) is 4.68 Å². The Morgan fingerprint density at radius 2 is 1.74 bits per heavy atom. The third-order valence-corrected chi connectivity index (χ3v) is 6.30. The highest BCUT2D eigenvalue weighted by Crippen LogP contribution is 2.26. The van der Waals surface area contributed by atoms with E-state index in [1.165, 1.54) is 0 Å². The van der Waals surface area contributed by atoms with Crippen LogP contribution in [0.1, 0.15) is 13.8 Å². The average molecular weight is 455 g/mol. The monoisotopic (exact) mass is 454 g/mol. The van der Waals surface area contributed by atoms with E-state index in [2.05, 4.69) is 94.3 Å². The smallest absolute Gasteiger partial charge is 0.130 e. The van der Waals surface area contributed by atoms with Crippen molar-refractivity contribution < 1.29 is 0 Å². The molecule has 0 spiro atoms. The number of pyridine rings is 1. The summed E-state index contributed by atoms with van der Waals surface area (Å²) < 4.78 is 1.82. The van der Waals surface area contributed by atoms with Gasteiger partial charge in [0, 0.05) is 68.0 Å². The maximum absolute atomic E-state index is 4.64. The average Bonchev–Trinajstić information content (AvgIpc) is 3.29. The van der Waals surface area contributed by atoms with E-state index in [9.17, 15) is 0 Å². The number of fused-ring (bicyclic) bond motifs is 1. The molecule has 1 aliphatic heterocycles. The van der Waals surface area contributed by atoms with Gasteiger partial charge in [-0.25, -0.2) is 4.98 Å². The molecule has 34 heavy (non-hydrogen) atoms. The highest BCUT2D eigenvalue weighted by atomic mass is 15.2. The van der Waals surface area contributed by atoms with Gasteiger partial charge in [0.1, 0.15) is 5.82 Å². The lowest BCUT2D eigenvalue weighted by Gasteiger charge is -2.34. The molecule has 0 aliphatic carbocycles. The van der Waals surface area contributed by atoms with E-state index in [-0.39, 0.29) is 0 Å². The molecule has 1 saturated heterocycles. The van der Waals surface area contributed by atoms with E-state index in [0.717, 1.165) is 70.9 Å². The summed E-state index contributed by atoms with van der Waals surface area (Å²) in [5.41, 5.74) is 5.41. The molecular weight excluding hydrogens is 420 g/mol. The molecule has 3 heterocycles. The second-order valence-corrected chi connectivity index (χ2v) is 8.72. The van der Waals surface area contributed by atoms with Crippen molar-refractivity contribution in [3.8, 4) is 11.1 Å². The molecule has 1 fully saturated rings. The summed E-state index contributed by atoms with van der Waals surface area (Å²) in [5, 5.41) is 10.0. The number of nitrogens with one attached hydrogen (secondary N) is 1. The molecule has 3 aromatic rings. The van der Waals surface area contributed by atoms with Crippen LogP contribution < -0.4 is 5.32 Å². The first-order valence-corrected chi connectivity index (χ1v) is 11.8. The van der Waals surface area contributed by atoms with Gasteiger partial charge < -0.3 is 15.1 Å². The molecule has 0 radical (unpaired) electrons. The molecule has 0 bridgehead atoms. The Morgan fingerprint density at radius 1 is 0.941 bits per heavy atom. The van der Waals surface area contributed by atoms with Crippen molar-refractivity contribution in [2.24, 2.45) is 7.05 Å². The first-order valence-electron chi connectivity index (χ1n) is 11.8. The number of hydrogen-bond acceptors (Lipinski definition) is 5. The number of nitrogens with zero attached hydrogens (tertiary/aromatic N) is 5. The zero-order valence-corrected chi connectivity index (χ0v) is 20.6. The van der Waals surface area contributed by atoms with Crippen molar-refractivity contribution in [2.45, 2.75) is 13.8 Å². The van der Waals surface area contributed by atoms with Crippen molar-refractivity contribution in [1.82, 2.24) is 24.6 Å². The highest BCUT2D eigenvalue weighted by molar-refractivity contribution is 5.88. The van der Waals surface area contributed by atoms with Crippen molar-refractivity contribution in [2.75, 3.05) is 38.5 Å². The van der Waals surface area contributed by atoms with Crippen LogP contribution in [-0.4, -0.2) is 57.8 Å². The van der Waals surface area contributed by atoms with Crippen LogP contribution in [0.2, 0.25) is 0 Å². The molecule has 6 nitrogen and oxygen atoms in total. The fourth-order valence-corrected chi connectivity index (χ4v) is 4.13. The van der Waals surface area contributed by atoms with Gasteiger partial charge in [0.2, 0.25) is 0 Å². The largest absolute Gasteiger partial charge is 0.369 e. The molecule has 1 aromatic carbocycles. The van der Waals surface area contributed by atoms with Crippen LogP contribution in [0.4, 0.5) is 5.82 Å². The Hall–Kier alpha value is -3.64. The van der Waals surface area contributed by atoms with Gasteiger partial charge >= 0.3 is 0 Å². The van der Waals surface area contributed by atoms with Crippen LogP contribution in [0.3, 0.4) is 0 Å². The Labute approximate surface area is 202 Å². The molecule has 1 N–H and O–H groups in total. The van der Waals surface area contributed by atoms with Gasteiger partial charge in [-0.1, -0.05) is 36.9 Å². The fourth-order valence-electron chi connectivity index (χ4n) is 4.13. The van der Waals surface area contributed by atoms with E-state index in [1.54, 1.807) is 0 Å². The lowest BCUT2D eigenvalue weighted by atomic mass is 10.0. The summed E-state index contributed by atoms with van der Waals surface area (Å²) >= 11 is 0. The van der Waals surface area contributed by atoms with Crippen molar-refractivity contribution in [1.29, 1.82) is 0 Å². The Balaban J connectivity index is 1.50. The third kappa shape index (κ3) is 5.46. The summed E-state index contributed by atoms with van der Waals surface area (Å²) in [6, 6.07) is 8.50. The summed E-state index contributed by atoms with van der Waals surface area (Å²) in [4.78, 5) is 9.34. The number of hydrogen-bond donors (Lipinski definition) is 1. The van der Waals surface area contributed by atoms with Crippen LogP contribution >= 0.6 is 0 Å². The van der Waals surface area contributed by atoms with E-state index in [4.69, 9.17) is 0 Å². The number of benzene rings is 1. The minimum atomic E-state index is 0.814.